The smallest absolute Gasteiger partial charge is 0.127 e. The normalized spacial score (nSPS) is 46.4. The Kier molecular flexibility index (Phi) is 3.03. The molecular formula is C14H26N2+2. The molecule has 2 nitrogen and oxygen atoms in total. The standard InChI is InChI=1S/C14H24N2/c1-2-15-5-7-16(8-6-15)11-14-10-12-3-4-13(14)9-12/h3-4,12-14H,2,5-11H2,1H3/p+2/t12-,13+,14+/m1/s1. The minimum atomic E-state index is 0.953. The molecule has 2 heteroatoms. The molecule has 16 heavy (non-hydrogen) atoms. The molecule has 1 saturated carbocycles. The Morgan fingerprint density at radius 2 is 1.75 bits per heavy atom. The van der Waals surface area contributed by atoms with Crippen molar-refractivity contribution < 1.29 is 9.80 Å². The lowest BCUT2D eigenvalue weighted by Gasteiger charge is -2.31. The van der Waals surface area contributed by atoms with Gasteiger partial charge in [0.25, 0.3) is 0 Å². The van der Waals surface area contributed by atoms with Crippen LogP contribution in [0.2, 0.25) is 0 Å². The Hall–Kier alpha value is -0.340. The molecule has 0 amide bonds. The van der Waals surface area contributed by atoms with E-state index in [4.69, 9.17) is 0 Å². The van der Waals surface area contributed by atoms with Crippen LogP contribution in [0.1, 0.15) is 19.8 Å². The van der Waals surface area contributed by atoms with Crippen molar-refractivity contribution in [2.24, 2.45) is 17.8 Å². The van der Waals surface area contributed by atoms with Gasteiger partial charge in [0.2, 0.25) is 0 Å². The average molecular weight is 222 g/mol. The van der Waals surface area contributed by atoms with Crippen LogP contribution in [0.5, 0.6) is 0 Å². The molecule has 0 aromatic heterocycles. The van der Waals surface area contributed by atoms with Crippen LogP contribution in [0.15, 0.2) is 12.2 Å². The molecule has 0 radical (unpaired) electrons. The van der Waals surface area contributed by atoms with Crippen LogP contribution in [-0.4, -0.2) is 39.3 Å². The number of rotatable bonds is 3. The molecule has 2 aliphatic carbocycles. The molecule has 90 valence electrons. The molecule has 2 N–H and O–H groups in total. The van der Waals surface area contributed by atoms with E-state index in [0.29, 0.717) is 0 Å². The Labute approximate surface area is 99.3 Å². The summed E-state index contributed by atoms with van der Waals surface area (Å²) in [5.74, 6) is 2.93. The highest BCUT2D eigenvalue weighted by Gasteiger charge is 2.38. The lowest BCUT2D eigenvalue weighted by atomic mass is 9.93. The lowest BCUT2D eigenvalue weighted by molar-refractivity contribution is -1.01. The minimum Gasteiger partial charge on any atom is -0.326 e. The fraction of sp³-hybridized carbons (Fsp3) is 0.857. The van der Waals surface area contributed by atoms with Gasteiger partial charge < -0.3 is 9.80 Å². The number of hydrogen-bond donors (Lipinski definition) is 2. The zero-order valence-corrected chi connectivity index (χ0v) is 10.5. The largest absolute Gasteiger partial charge is 0.326 e. The van der Waals surface area contributed by atoms with E-state index in [1.165, 1.54) is 52.1 Å². The van der Waals surface area contributed by atoms with E-state index < -0.39 is 0 Å². The summed E-state index contributed by atoms with van der Waals surface area (Å²) in [7, 11) is 0. The second-order valence-corrected chi connectivity index (χ2v) is 6.10. The topological polar surface area (TPSA) is 8.88 Å². The van der Waals surface area contributed by atoms with Gasteiger partial charge in [-0.3, -0.25) is 0 Å². The maximum absolute atomic E-state index is 2.51. The van der Waals surface area contributed by atoms with E-state index >= 15 is 0 Å². The summed E-state index contributed by atoms with van der Waals surface area (Å²) in [5.41, 5.74) is 0. The van der Waals surface area contributed by atoms with Crippen molar-refractivity contribution in [1.29, 1.82) is 0 Å². The van der Waals surface area contributed by atoms with Crippen LogP contribution in [0.25, 0.3) is 0 Å². The van der Waals surface area contributed by atoms with Crippen molar-refractivity contribution in [3.8, 4) is 0 Å². The highest BCUT2D eigenvalue weighted by molar-refractivity contribution is 5.09. The van der Waals surface area contributed by atoms with Crippen LogP contribution in [0.3, 0.4) is 0 Å². The van der Waals surface area contributed by atoms with Gasteiger partial charge in [0, 0.05) is 5.92 Å². The van der Waals surface area contributed by atoms with Crippen molar-refractivity contribution in [2.75, 3.05) is 39.3 Å². The van der Waals surface area contributed by atoms with Crippen LogP contribution in [-0.2, 0) is 0 Å². The van der Waals surface area contributed by atoms with Crippen molar-refractivity contribution in [2.45, 2.75) is 19.8 Å². The van der Waals surface area contributed by atoms with Gasteiger partial charge in [0.05, 0.1) is 13.1 Å². The van der Waals surface area contributed by atoms with Gasteiger partial charge in [-0.05, 0) is 31.6 Å². The van der Waals surface area contributed by atoms with Gasteiger partial charge in [0.15, 0.2) is 0 Å². The summed E-state index contributed by atoms with van der Waals surface area (Å²) in [4.78, 5) is 3.71. The lowest BCUT2D eigenvalue weighted by Crippen LogP contribution is -3.28. The first-order valence-corrected chi connectivity index (χ1v) is 7.20. The van der Waals surface area contributed by atoms with Crippen molar-refractivity contribution in [1.82, 2.24) is 0 Å². The Bertz CT molecular complexity index is 266. The molecule has 2 fully saturated rings. The SMILES string of the molecule is CC[NH+]1CC[NH+](C[C@@H]2C[C@@H]3C=C[C@H]2C3)CC1. The van der Waals surface area contributed by atoms with E-state index in [1.54, 1.807) is 0 Å². The third-order valence-corrected chi connectivity index (χ3v) is 5.13. The van der Waals surface area contributed by atoms with Crippen LogP contribution >= 0.6 is 0 Å². The molecule has 3 atom stereocenters. The van der Waals surface area contributed by atoms with Gasteiger partial charge in [-0.1, -0.05) is 12.2 Å². The Balaban J connectivity index is 1.48. The first-order chi connectivity index (χ1) is 7.85. The third-order valence-electron chi connectivity index (χ3n) is 5.13. The highest BCUT2D eigenvalue weighted by atomic mass is 15.3. The zero-order valence-electron chi connectivity index (χ0n) is 10.5. The number of hydrogen-bond acceptors (Lipinski definition) is 0. The molecule has 3 rings (SSSR count). The first kappa shape index (κ1) is 10.8. The molecule has 3 aliphatic rings. The van der Waals surface area contributed by atoms with Gasteiger partial charge >= 0.3 is 0 Å². The summed E-state index contributed by atoms with van der Waals surface area (Å²) < 4.78 is 0. The predicted molar refractivity (Wildman–Crippen MR) is 65.6 cm³/mol. The van der Waals surface area contributed by atoms with Gasteiger partial charge in [-0.15, -0.1) is 0 Å². The molecule has 0 unspecified atom stereocenters. The number of quaternary nitrogens is 2. The fourth-order valence-corrected chi connectivity index (χ4v) is 4.01. The average Bonchev–Trinajstić information content (AvgIpc) is 2.92. The van der Waals surface area contributed by atoms with E-state index in [9.17, 15) is 0 Å². The van der Waals surface area contributed by atoms with E-state index in [1.807, 2.05) is 9.80 Å². The molecule has 0 aromatic carbocycles. The second-order valence-electron chi connectivity index (χ2n) is 6.10. The van der Waals surface area contributed by atoms with Gasteiger partial charge in [-0.25, -0.2) is 0 Å². The summed E-state index contributed by atoms with van der Waals surface area (Å²) in [5, 5.41) is 0. The number of fused-ring (bicyclic) bond motifs is 2. The Morgan fingerprint density at radius 3 is 2.31 bits per heavy atom. The van der Waals surface area contributed by atoms with Crippen molar-refractivity contribution in [3.63, 3.8) is 0 Å². The van der Waals surface area contributed by atoms with Crippen LogP contribution in [0.4, 0.5) is 0 Å². The van der Waals surface area contributed by atoms with Gasteiger partial charge in [-0.2, -0.15) is 0 Å². The number of piperazine rings is 1. The zero-order chi connectivity index (χ0) is 11.0. The predicted octanol–water partition coefficient (Wildman–Crippen LogP) is -0.998. The summed E-state index contributed by atoms with van der Waals surface area (Å²) in [6.07, 6.45) is 7.95. The van der Waals surface area contributed by atoms with Crippen molar-refractivity contribution in [3.05, 3.63) is 12.2 Å². The number of nitrogens with one attached hydrogen (secondary N) is 2. The molecule has 0 aromatic rings. The second kappa shape index (κ2) is 4.50. The molecular weight excluding hydrogens is 196 g/mol. The molecule has 1 aliphatic heterocycles. The maximum atomic E-state index is 2.51. The van der Waals surface area contributed by atoms with Crippen LogP contribution < -0.4 is 9.80 Å². The Morgan fingerprint density at radius 1 is 1.00 bits per heavy atom. The highest BCUT2D eigenvalue weighted by Crippen LogP contribution is 2.42. The maximum Gasteiger partial charge on any atom is 0.127 e. The third kappa shape index (κ3) is 2.05. The fourth-order valence-electron chi connectivity index (χ4n) is 4.01. The molecule has 1 saturated heterocycles. The number of likely N-dealkylation sites (N-methyl/N-ethyl adjacent to an activating group) is 1. The van der Waals surface area contributed by atoms with Crippen molar-refractivity contribution >= 4 is 0 Å². The summed E-state index contributed by atoms with van der Waals surface area (Å²) >= 11 is 0. The molecule has 0 spiro atoms. The first-order valence-electron chi connectivity index (χ1n) is 7.20. The quantitative estimate of drug-likeness (QED) is 0.567. The monoisotopic (exact) mass is 222 g/mol. The summed E-state index contributed by atoms with van der Waals surface area (Å²) in [6.45, 7) is 10.8. The summed E-state index contributed by atoms with van der Waals surface area (Å²) in [6, 6.07) is 0. The minimum absolute atomic E-state index is 0.953. The van der Waals surface area contributed by atoms with E-state index in [0.717, 1.165) is 17.8 Å². The van der Waals surface area contributed by atoms with Crippen LogP contribution in [0, 0.1) is 17.8 Å². The molecule has 1 heterocycles. The number of allylic oxidation sites excluding steroid dienone is 2. The molecule has 2 bridgehead atoms. The van der Waals surface area contributed by atoms with E-state index in [-0.39, 0.29) is 0 Å². The van der Waals surface area contributed by atoms with Gasteiger partial charge in [0.1, 0.15) is 26.2 Å². The van der Waals surface area contributed by atoms with E-state index in [2.05, 4.69) is 19.1 Å².